The normalized spacial score (nSPS) is 12.2. The van der Waals surface area contributed by atoms with Gasteiger partial charge in [-0.15, -0.1) is 11.8 Å². The maximum Gasteiger partial charge on any atom is 0.139 e. The Morgan fingerprint density at radius 2 is 1.73 bits per heavy atom. The number of carbonyl (C=O) groups excluding carboxylic acids is 1. The summed E-state index contributed by atoms with van der Waals surface area (Å²) < 4.78 is 6.31. The number of hydrogen-bond acceptors (Lipinski definition) is 4. The molecule has 0 saturated carbocycles. The number of hydrogen-bond donors (Lipinski definition) is 1. The molecule has 206 valence electrons. The van der Waals surface area contributed by atoms with Crippen molar-refractivity contribution in [3.05, 3.63) is 100 Å². The zero-order valence-electron chi connectivity index (χ0n) is 23.7. The highest BCUT2D eigenvalue weighted by molar-refractivity contribution is 8.00. The number of rotatable bonds is 9. The van der Waals surface area contributed by atoms with Gasteiger partial charge in [0.2, 0.25) is 0 Å². The van der Waals surface area contributed by atoms with Gasteiger partial charge >= 0.3 is 0 Å². The molecule has 2 aromatic heterocycles. The molecule has 1 N–H and O–H groups in total. The number of aldehydes is 1. The lowest BCUT2D eigenvalue weighted by molar-refractivity contribution is -0.114. The zero-order valence-corrected chi connectivity index (χ0v) is 25.2. The predicted molar refractivity (Wildman–Crippen MR) is 168 cm³/mol. The van der Waals surface area contributed by atoms with Crippen molar-refractivity contribution in [1.29, 1.82) is 0 Å². The minimum Gasteiger partial charge on any atom is -0.486 e. The molecule has 0 saturated heterocycles. The lowest BCUT2D eigenvalue weighted by atomic mass is 9.87. The molecule has 5 aromatic rings. The van der Waals surface area contributed by atoms with Gasteiger partial charge in [0.1, 0.15) is 18.6 Å². The fourth-order valence-electron chi connectivity index (χ4n) is 4.89. The molecule has 3 aromatic carbocycles. The Morgan fingerprint density at radius 1 is 0.975 bits per heavy atom. The van der Waals surface area contributed by atoms with E-state index in [1.807, 2.05) is 50.2 Å². The Kier molecular flexibility index (Phi) is 7.98. The standard InChI is InChI=1S/C34H35ClN2O2S/c1-33(2,3)40-31-18-22(16-26-25-11-7-9-13-28(25)37-29(26)19-34(4,5)21-38)17-30(32(31)35)39-20-24-15-14-23-10-6-8-12-27(23)36-24/h6-15,17-18,21,37H,16,19-20H2,1-5H3. The molecular formula is C34H35ClN2O2S. The second-order valence-electron chi connectivity index (χ2n) is 12.0. The van der Waals surface area contributed by atoms with Crippen molar-refractivity contribution < 1.29 is 9.53 Å². The third-order valence-electron chi connectivity index (χ3n) is 6.75. The van der Waals surface area contributed by atoms with Gasteiger partial charge in [-0.1, -0.05) is 88.7 Å². The first-order chi connectivity index (χ1) is 19.0. The molecule has 0 unspecified atom stereocenters. The van der Waals surface area contributed by atoms with E-state index in [1.54, 1.807) is 11.8 Å². The van der Waals surface area contributed by atoms with Crippen LogP contribution in [0.2, 0.25) is 5.02 Å². The Bertz CT molecular complexity index is 1680. The zero-order chi connectivity index (χ0) is 28.5. The second-order valence-corrected chi connectivity index (χ2v) is 14.2. The number of carbonyl (C=O) groups is 1. The molecule has 5 rings (SSSR count). The lowest BCUT2D eigenvalue weighted by Gasteiger charge is -2.21. The molecule has 0 atom stereocenters. The monoisotopic (exact) mass is 570 g/mol. The molecule has 0 aliphatic carbocycles. The van der Waals surface area contributed by atoms with Gasteiger partial charge in [0.15, 0.2) is 0 Å². The largest absolute Gasteiger partial charge is 0.486 e. The summed E-state index contributed by atoms with van der Waals surface area (Å²) in [5.41, 5.74) is 5.78. The highest BCUT2D eigenvalue weighted by Crippen LogP contribution is 2.43. The van der Waals surface area contributed by atoms with Crippen LogP contribution < -0.4 is 4.74 Å². The number of nitrogens with one attached hydrogen (secondary N) is 1. The van der Waals surface area contributed by atoms with E-state index in [2.05, 4.69) is 62.2 Å². The SMILES string of the molecule is CC(C)(C=O)Cc1[nH]c2ccccc2c1Cc1cc(OCc2ccc3ccccc3n2)c(Cl)c(SC(C)(C)C)c1. The summed E-state index contributed by atoms with van der Waals surface area (Å²) in [5.74, 6) is 0.649. The van der Waals surface area contributed by atoms with Gasteiger partial charge in [-0.25, -0.2) is 4.98 Å². The van der Waals surface area contributed by atoms with Crippen LogP contribution >= 0.6 is 23.4 Å². The van der Waals surface area contributed by atoms with Crippen molar-refractivity contribution in [3.63, 3.8) is 0 Å². The van der Waals surface area contributed by atoms with Crippen LogP contribution in [0.1, 0.15) is 57.1 Å². The lowest BCUT2D eigenvalue weighted by Crippen LogP contribution is -2.17. The van der Waals surface area contributed by atoms with Gasteiger partial charge in [-0.05, 0) is 54.3 Å². The number of nitrogens with zero attached hydrogens (tertiary/aromatic N) is 1. The van der Waals surface area contributed by atoms with E-state index in [1.165, 1.54) is 10.9 Å². The Labute approximate surface area is 245 Å². The molecular weight excluding hydrogens is 536 g/mol. The van der Waals surface area contributed by atoms with Crippen LogP contribution in [0.25, 0.3) is 21.8 Å². The number of benzene rings is 3. The molecule has 0 bridgehead atoms. The van der Waals surface area contributed by atoms with Crippen LogP contribution in [0.4, 0.5) is 0 Å². The first-order valence-corrected chi connectivity index (χ1v) is 14.7. The van der Waals surface area contributed by atoms with Gasteiger partial charge in [0.05, 0.1) is 16.2 Å². The molecule has 40 heavy (non-hydrogen) atoms. The number of thioether (sulfide) groups is 1. The Hall–Kier alpha value is -3.28. The van der Waals surface area contributed by atoms with Crippen molar-refractivity contribution in [2.75, 3.05) is 0 Å². The number of fused-ring (bicyclic) bond motifs is 2. The van der Waals surface area contributed by atoms with E-state index in [4.69, 9.17) is 21.3 Å². The number of halogens is 1. The maximum atomic E-state index is 11.8. The minimum absolute atomic E-state index is 0.0284. The molecule has 0 spiro atoms. The predicted octanol–water partition coefficient (Wildman–Crippen LogP) is 9.20. The average Bonchev–Trinajstić information content (AvgIpc) is 3.24. The fraction of sp³-hybridized carbons (Fsp3) is 0.294. The number of pyridine rings is 1. The summed E-state index contributed by atoms with van der Waals surface area (Å²) in [6.07, 6.45) is 2.36. The summed E-state index contributed by atoms with van der Waals surface area (Å²) in [4.78, 5) is 21.1. The highest BCUT2D eigenvalue weighted by Gasteiger charge is 2.23. The molecule has 0 aliphatic rings. The average molecular weight is 571 g/mol. The van der Waals surface area contributed by atoms with Crippen LogP contribution in [0.5, 0.6) is 5.75 Å². The molecule has 2 heterocycles. The van der Waals surface area contributed by atoms with E-state index < -0.39 is 5.41 Å². The third kappa shape index (κ3) is 6.54. The molecule has 0 radical (unpaired) electrons. The number of aromatic nitrogens is 2. The van der Waals surface area contributed by atoms with Crippen LogP contribution in [-0.4, -0.2) is 21.0 Å². The molecule has 0 fully saturated rings. The fourth-order valence-corrected chi connectivity index (χ4v) is 6.23. The van der Waals surface area contributed by atoms with E-state index in [0.717, 1.165) is 44.6 Å². The van der Waals surface area contributed by atoms with Crippen LogP contribution in [-0.2, 0) is 24.2 Å². The van der Waals surface area contributed by atoms with Crippen molar-refractivity contribution in [2.45, 2.75) is 63.7 Å². The summed E-state index contributed by atoms with van der Waals surface area (Å²) in [6.45, 7) is 10.8. The van der Waals surface area contributed by atoms with Crippen LogP contribution in [0, 0.1) is 5.41 Å². The number of para-hydroxylation sites is 2. The van der Waals surface area contributed by atoms with Crippen molar-refractivity contribution in [1.82, 2.24) is 9.97 Å². The summed E-state index contributed by atoms with van der Waals surface area (Å²) in [5, 5.41) is 2.88. The van der Waals surface area contributed by atoms with Crippen molar-refractivity contribution in [3.8, 4) is 5.75 Å². The van der Waals surface area contributed by atoms with Gasteiger partial charge < -0.3 is 14.5 Å². The van der Waals surface area contributed by atoms with E-state index in [9.17, 15) is 4.79 Å². The van der Waals surface area contributed by atoms with Gasteiger partial charge in [0.25, 0.3) is 0 Å². The molecule has 0 aliphatic heterocycles. The van der Waals surface area contributed by atoms with E-state index in [-0.39, 0.29) is 4.75 Å². The first kappa shape index (κ1) is 28.3. The quantitative estimate of drug-likeness (QED) is 0.142. The van der Waals surface area contributed by atoms with Gasteiger partial charge in [-0.3, -0.25) is 0 Å². The van der Waals surface area contributed by atoms with Crippen LogP contribution in [0.3, 0.4) is 0 Å². The van der Waals surface area contributed by atoms with Crippen molar-refractivity contribution >= 4 is 51.5 Å². The summed E-state index contributed by atoms with van der Waals surface area (Å²) in [6, 6.07) is 24.7. The number of ether oxygens (including phenoxy) is 1. The van der Waals surface area contributed by atoms with E-state index >= 15 is 0 Å². The summed E-state index contributed by atoms with van der Waals surface area (Å²) >= 11 is 8.68. The highest BCUT2D eigenvalue weighted by atomic mass is 35.5. The first-order valence-electron chi connectivity index (χ1n) is 13.5. The smallest absolute Gasteiger partial charge is 0.139 e. The number of aromatic amines is 1. The second kappa shape index (κ2) is 11.3. The summed E-state index contributed by atoms with van der Waals surface area (Å²) in [7, 11) is 0. The maximum absolute atomic E-state index is 11.8. The number of H-pyrrole nitrogens is 1. The minimum atomic E-state index is -0.468. The van der Waals surface area contributed by atoms with Gasteiger partial charge in [0, 0.05) is 37.0 Å². The molecule has 0 amide bonds. The Balaban J connectivity index is 1.52. The molecule has 6 heteroatoms. The molecule has 4 nitrogen and oxygen atoms in total. The van der Waals surface area contributed by atoms with Gasteiger partial charge in [-0.2, -0.15) is 0 Å². The van der Waals surface area contributed by atoms with E-state index in [0.29, 0.717) is 30.2 Å². The topological polar surface area (TPSA) is 55.0 Å². The van der Waals surface area contributed by atoms with Crippen molar-refractivity contribution in [2.24, 2.45) is 5.41 Å². The Morgan fingerprint density at radius 3 is 2.50 bits per heavy atom. The van der Waals surface area contributed by atoms with Crippen LogP contribution in [0.15, 0.2) is 77.7 Å². The third-order valence-corrected chi connectivity index (χ3v) is 8.40.